The van der Waals surface area contributed by atoms with Crippen LogP contribution in [-0.2, 0) is 9.59 Å². The zero-order valence-electron chi connectivity index (χ0n) is 14.5. The lowest BCUT2D eigenvalue weighted by atomic mass is 9.95. The SMILES string of the molecule is CCC/C=C/CCCCCC(CC(=O)O)C(=O)N(CC)CC. The summed E-state index contributed by atoms with van der Waals surface area (Å²) in [7, 11) is 0. The number of rotatable bonds is 13. The molecule has 1 atom stereocenters. The molecule has 0 radical (unpaired) electrons. The van der Waals surface area contributed by atoms with Crippen LogP contribution in [0.1, 0.15) is 72.1 Å². The van der Waals surface area contributed by atoms with Gasteiger partial charge in [-0.1, -0.05) is 38.3 Å². The maximum absolute atomic E-state index is 12.3. The van der Waals surface area contributed by atoms with Crippen molar-refractivity contribution in [3.8, 4) is 0 Å². The van der Waals surface area contributed by atoms with Crippen LogP contribution in [-0.4, -0.2) is 35.0 Å². The fourth-order valence-corrected chi connectivity index (χ4v) is 2.55. The second kappa shape index (κ2) is 13.4. The van der Waals surface area contributed by atoms with Crippen LogP contribution in [0.15, 0.2) is 12.2 Å². The zero-order valence-corrected chi connectivity index (χ0v) is 14.5. The Morgan fingerprint density at radius 2 is 1.64 bits per heavy atom. The highest BCUT2D eigenvalue weighted by Crippen LogP contribution is 2.18. The van der Waals surface area contributed by atoms with Crippen molar-refractivity contribution in [3.05, 3.63) is 12.2 Å². The Bertz CT molecular complexity index is 335. The molecule has 22 heavy (non-hydrogen) atoms. The van der Waals surface area contributed by atoms with Crippen molar-refractivity contribution in [2.45, 2.75) is 72.1 Å². The van der Waals surface area contributed by atoms with Crippen LogP contribution in [0.5, 0.6) is 0 Å². The fourth-order valence-electron chi connectivity index (χ4n) is 2.55. The molecule has 0 aromatic rings. The number of nitrogens with zero attached hydrogens (tertiary/aromatic N) is 1. The third kappa shape index (κ3) is 9.59. The quantitative estimate of drug-likeness (QED) is 0.408. The van der Waals surface area contributed by atoms with Crippen LogP contribution in [0.2, 0.25) is 0 Å². The summed E-state index contributed by atoms with van der Waals surface area (Å²) in [5, 5.41) is 9.00. The zero-order chi connectivity index (χ0) is 16.8. The smallest absolute Gasteiger partial charge is 0.304 e. The fraction of sp³-hybridized carbons (Fsp3) is 0.778. The summed E-state index contributed by atoms with van der Waals surface area (Å²) in [6.07, 6.45) is 11.6. The van der Waals surface area contributed by atoms with Crippen molar-refractivity contribution >= 4 is 11.9 Å². The molecule has 4 nitrogen and oxygen atoms in total. The first-order chi connectivity index (χ1) is 10.6. The summed E-state index contributed by atoms with van der Waals surface area (Å²) in [6.45, 7) is 7.32. The lowest BCUT2D eigenvalue weighted by Crippen LogP contribution is -2.36. The minimum absolute atomic E-state index is 0.00441. The molecule has 0 spiro atoms. The monoisotopic (exact) mass is 311 g/mol. The number of amides is 1. The molecule has 1 unspecified atom stereocenters. The van der Waals surface area contributed by atoms with Gasteiger partial charge in [-0.05, 0) is 39.5 Å². The van der Waals surface area contributed by atoms with Gasteiger partial charge in [-0.2, -0.15) is 0 Å². The summed E-state index contributed by atoms with van der Waals surface area (Å²) in [6, 6.07) is 0. The molecule has 0 rings (SSSR count). The molecule has 0 saturated heterocycles. The van der Waals surface area contributed by atoms with E-state index in [1.54, 1.807) is 4.90 Å². The van der Waals surface area contributed by atoms with E-state index in [4.69, 9.17) is 5.11 Å². The van der Waals surface area contributed by atoms with Gasteiger partial charge in [0, 0.05) is 19.0 Å². The Labute approximate surface area is 135 Å². The first-order valence-corrected chi connectivity index (χ1v) is 8.72. The van der Waals surface area contributed by atoms with Gasteiger partial charge in [0.25, 0.3) is 0 Å². The third-order valence-corrected chi connectivity index (χ3v) is 3.89. The average molecular weight is 311 g/mol. The van der Waals surface area contributed by atoms with Gasteiger partial charge in [0.15, 0.2) is 0 Å². The number of hydrogen-bond acceptors (Lipinski definition) is 2. The van der Waals surface area contributed by atoms with Gasteiger partial charge in [-0.25, -0.2) is 0 Å². The van der Waals surface area contributed by atoms with E-state index in [0.717, 1.165) is 32.1 Å². The molecule has 0 aliphatic heterocycles. The summed E-state index contributed by atoms with van der Waals surface area (Å²) in [5.41, 5.74) is 0. The molecule has 0 aliphatic carbocycles. The molecule has 0 saturated carbocycles. The van der Waals surface area contributed by atoms with Crippen molar-refractivity contribution in [2.75, 3.05) is 13.1 Å². The third-order valence-electron chi connectivity index (χ3n) is 3.89. The minimum Gasteiger partial charge on any atom is -0.481 e. The predicted octanol–water partition coefficient (Wildman–Crippen LogP) is 4.25. The van der Waals surface area contributed by atoms with Gasteiger partial charge < -0.3 is 10.0 Å². The molecular weight excluding hydrogens is 278 g/mol. The summed E-state index contributed by atoms with van der Waals surface area (Å²) < 4.78 is 0. The molecule has 1 amide bonds. The number of hydrogen-bond donors (Lipinski definition) is 1. The van der Waals surface area contributed by atoms with E-state index < -0.39 is 5.97 Å². The van der Waals surface area contributed by atoms with Crippen molar-refractivity contribution in [1.82, 2.24) is 4.90 Å². The number of aliphatic carboxylic acids is 1. The molecule has 0 aromatic heterocycles. The first kappa shape index (κ1) is 20.7. The van der Waals surface area contributed by atoms with Gasteiger partial charge in [-0.3, -0.25) is 9.59 Å². The van der Waals surface area contributed by atoms with E-state index in [0.29, 0.717) is 19.5 Å². The topological polar surface area (TPSA) is 57.6 Å². The minimum atomic E-state index is -0.881. The van der Waals surface area contributed by atoms with E-state index in [1.807, 2.05) is 13.8 Å². The Hall–Kier alpha value is -1.32. The molecule has 0 heterocycles. The van der Waals surface area contributed by atoms with E-state index in [1.165, 1.54) is 6.42 Å². The van der Waals surface area contributed by atoms with Crippen LogP contribution >= 0.6 is 0 Å². The average Bonchev–Trinajstić information content (AvgIpc) is 2.49. The summed E-state index contributed by atoms with van der Waals surface area (Å²) >= 11 is 0. The van der Waals surface area contributed by atoms with Crippen molar-refractivity contribution in [3.63, 3.8) is 0 Å². The van der Waals surface area contributed by atoms with E-state index in [-0.39, 0.29) is 18.2 Å². The first-order valence-electron chi connectivity index (χ1n) is 8.72. The Balaban J connectivity index is 4.15. The van der Waals surface area contributed by atoms with Crippen LogP contribution < -0.4 is 0 Å². The maximum atomic E-state index is 12.3. The highest BCUT2D eigenvalue weighted by atomic mass is 16.4. The van der Waals surface area contributed by atoms with Crippen LogP contribution in [0, 0.1) is 5.92 Å². The largest absolute Gasteiger partial charge is 0.481 e. The Morgan fingerprint density at radius 3 is 2.18 bits per heavy atom. The van der Waals surface area contributed by atoms with E-state index >= 15 is 0 Å². The number of carboxylic acid groups (broad SMARTS) is 1. The van der Waals surface area contributed by atoms with Gasteiger partial charge >= 0.3 is 5.97 Å². The maximum Gasteiger partial charge on any atom is 0.304 e. The van der Waals surface area contributed by atoms with Crippen molar-refractivity contribution < 1.29 is 14.7 Å². The second-order valence-electron chi connectivity index (χ2n) is 5.70. The van der Waals surface area contributed by atoms with Crippen molar-refractivity contribution in [1.29, 1.82) is 0 Å². The van der Waals surface area contributed by atoms with E-state index in [2.05, 4.69) is 19.1 Å². The standard InChI is InChI=1S/C18H33NO3/c1-4-7-8-9-10-11-12-13-14-16(15-17(20)21)18(22)19(5-2)6-3/h8-9,16H,4-7,10-15H2,1-3H3,(H,20,21)/b9-8+. The van der Waals surface area contributed by atoms with Gasteiger partial charge in [0.1, 0.15) is 0 Å². The van der Waals surface area contributed by atoms with Gasteiger partial charge in [0.2, 0.25) is 5.91 Å². The van der Waals surface area contributed by atoms with Crippen LogP contribution in [0.4, 0.5) is 0 Å². The Morgan fingerprint density at radius 1 is 1.00 bits per heavy atom. The lowest BCUT2D eigenvalue weighted by Gasteiger charge is -2.24. The second-order valence-corrected chi connectivity index (χ2v) is 5.70. The highest BCUT2D eigenvalue weighted by Gasteiger charge is 2.24. The van der Waals surface area contributed by atoms with Crippen LogP contribution in [0.3, 0.4) is 0 Å². The van der Waals surface area contributed by atoms with Crippen LogP contribution in [0.25, 0.3) is 0 Å². The molecule has 1 N–H and O–H groups in total. The number of carboxylic acids is 1. The number of carbonyl (C=O) groups is 2. The molecule has 0 aliphatic rings. The molecular formula is C18H33NO3. The molecule has 4 heteroatoms. The lowest BCUT2D eigenvalue weighted by molar-refractivity contribution is -0.144. The predicted molar refractivity (Wildman–Crippen MR) is 90.8 cm³/mol. The summed E-state index contributed by atoms with van der Waals surface area (Å²) in [4.78, 5) is 25.0. The van der Waals surface area contributed by atoms with Crippen molar-refractivity contribution in [2.24, 2.45) is 5.92 Å². The number of unbranched alkanes of at least 4 members (excludes halogenated alkanes) is 4. The summed E-state index contributed by atoms with van der Waals surface area (Å²) in [5.74, 6) is -1.25. The molecule has 0 aromatic carbocycles. The highest BCUT2D eigenvalue weighted by molar-refractivity contribution is 5.83. The van der Waals surface area contributed by atoms with Gasteiger partial charge in [0.05, 0.1) is 6.42 Å². The number of allylic oxidation sites excluding steroid dienone is 2. The molecule has 0 bridgehead atoms. The molecule has 0 fully saturated rings. The molecule has 128 valence electrons. The Kier molecular flexibility index (Phi) is 12.5. The van der Waals surface area contributed by atoms with Gasteiger partial charge in [-0.15, -0.1) is 0 Å². The van der Waals surface area contributed by atoms with E-state index in [9.17, 15) is 9.59 Å². The normalized spacial score (nSPS) is 12.5. The number of carbonyl (C=O) groups excluding carboxylic acids is 1.